The molecule has 1 aromatic carbocycles. The highest BCUT2D eigenvalue weighted by atomic mass is 35.5. The first-order valence-corrected chi connectivity index (χ1v) is 5.41. The highest BCUT2D eigenvalue weighted by Crippen LogP contribution is 2.29. The van der Waals surface area contributed by atoms with Crippen LogP contribution in [0.2, 0.25) is 10.0 Å². The lowest BCUT2D eigenvalue weighted by molar-refractivity contribution is -0.123. The Kier molecular flexibility index (Phi) is 3.14. The van der Waals surface area contributed by atoms with Crippen molar-refractivity contribution in [1.29, 1.82) is 0 Å². The molecule has 0 saturated carbocycles. The fourth-order valence-electron chi connectivity index (χ4n) is 1.55. The molecule has 1 aliphatic heterocycles. The second-order valence-corrected chi connectivity index (χ2v) is 4.13. The van der Waals surface area contributed by atoms with Crippen molar-refractivity contribution in [1.82, 2.24) is 10.6 Å². The number of hydrogen-bond donors (Lipinski definition) is 2. The Balaban J connectivity index is 2.28. The fourth-order valence-corrected chi connectivity index (χ4v) is 1.96. The molecule has 5 heteroatoms. The standard InChI is InChI=1S/C10H10Cl2N2O/c11-7-3-1-2-6(9(7)12)10-13-5-4-8(15)14-10/h1-3,10,13H,4-5H2,(H,14,15)/t10-/m0/s1. The van der Waals surface area contributed by atoms with Crippen molar-refractivity contribution in [3.8, 4) is 0 Å². The molecule has 1 fully saturated rings. The van der Waals surface area contributed by atoms with Crippen LogP contribution in [0.3, 0.4) is 0 Å². The van der Waals surface area contributed by atoms with E-state index in [0.29, 0.717) is 23.0 Å². The lowest BCUT2D eigenvalue weighted by atomic mass is 10.1. The van der Waals surface area contributed by atoms with Crippen molar-refractivity contribution in [2.75, 3.05) is 6.54 Å². The molecule has 0 bridgehead atoms. The van der Waals surface area contributed by atoms with E-state index < -0.39 is 0 Å². The Labute approximate surface area is 97.8 Å². The van der Waals surface area contributed by atoms with Gasteiger partial charge in [-0.3, -0.25) is 10.1 Å². The Bertz CT molecular complexity index is 395. The molecule has 0 radical (unpaired) electrons. The van der Waals surface area contributed by atoms with Crippen LogP contribution in [0.15, 0.2) is 18.2 Å². The van der Waals surface area contributed by atoms with Gasteiger partial charge in [0, 0.05) is 18.5 Å². The van der Waals surface area contributed by atoms with Gasteiger partial charge in [-0.25, -0.2) is 0 Å². The predicted octanol–water partition coefficient (Wildman–Crippen LogP) is 2.10. The van der Waals surface area contributed by atoms with E-state index >= 15 is 0 Å². The zero-order chi connectivity index (χ0) is 10.8. The van der Waals surface area contributed by atoms with Crippen LogP contribution in [0.25, 0.3) is 0 Å². The van der Waals surface area contributed by atoms with Gasteiger partial charge in [-0.05, 0) is 6.07 Å². The number of hydrogen-bond acceptors (Lipinski definition) is 2. The zero-order valence-electron chi connectivity index (χ0n) is 7.89. The normalized spacial score (nSPS) is 21.2. The van der Waals surface area contributed by atoms with Gasteiger partial charge in [-0.2, -0.15) is 0 Å². The van der Waals surface area contributed by atoms with Gasteiger partial charge in [0.15, 0.2) is 0 Å². The molecule has 80 valence electrons. The second kappa shape index (κ2) is 4.39. The highest BCUT2D eigenvalue weighted by molar-refractivity contribution is 6.42. The monoisotopic (exact) mass is 244 g/mol. The van der Waals surface area contributed by atoms with Crippen molar-refractivity contribution in [3.63, 3.8) is 0 Å². The number of halogens is 2. The summed E-state index contributed by atoms with van der Waals surface area (Å²) in [6.45, 7) is 0.652. The molecule has 1 amide bonds. The van der Waals surface area contributed by atoms with Crippen molar-refractivity contribution in [3.05, 3.63) is 33.8 Å². The van der Waals surface area contributed by atoms with E-state index in [1.165, 1.54) is 0 Å². The van der Waals surface area contributed by atoms with Crippen LogP contribution in [0.5, 0.6) is 0 Å². The van der Waals surface area contributed by atoms with E-state index in [-0.39, 0.29) is 12.1 Å². The van der Waals surface area contributed by atoms with Crippen LogP contribution in [0.1, 0.15) is 18.2 Å². The van der Waals surface area contributed by atoms with Crippen LogP contribution >= 0.6 is 23.2 Å². The molecule has 3 nitrogen and oxygen atoms in total. The van der Waals surface area contributed by atoms with Gasteiger partial charge in [-0.1, -0.05) is 35.3 Å². The summed E-state index contributed by atoms with van der Waals surface area (Å²) >= 11 is 11.9. The van der Waals surface area contributed by atoms with Crippen molar-refractivity contribution < 1.29 is 4.79 Å². The van der Waals surface area contributed by atoms with Gasteiger partial charge in [0.25, 0.3) is 0 Å². The minimum absolute atomic E-state index is 0.0230. The summed E-state index contributed by atoms with van der Waals surface area (Å²) in [6, 6.07) is 5.38. The van der Waals surface area contributed by atoms with E-state index in [2.05, 4.69) is 10.6 Å². The molecule has 0 unspecified atom stereocenters. The topological polar surface area (TPSA) is 41.1 Å². The van der Waals surface area contributed by atoms with Gasteiger partial charge in [0.2, 0.25) is 5.91 Å². The maximum Gasteiger partial charge on any atom is 0.222 e. The lowest BCUT2D eigenvalue weighted by Gasteiger charge is -2.26. The first-order valence-electron chi connectivity index (χ1n) is 4.65. The molecule has 1 saturated heterocycles. The summed E-state index contributed by atoms with van der Waals surface area (Å²) in [7, 11) is 0. The fraction of sp³-hybridized carbons (Fsp3) is 0.300. The summed E-state index contributed by atoms with van der Waals surface area (Å²) in [5.74, 6) is 0.0230. The summed E-state index contributed by atoms with van der Waals surface area (Å²) < 4.78 is 0. The van der Waals surface area contributed by atoms with Crippen LogP contribution in [-0.4, -0.2) is 12.5 Å². The molecule has 1 aromatic rings. The van der Waals surface area contributed by atoms with E-state index in [1.807, 2.05) is 12.1 Å². The molecular formula is C10H10Cl2N2O. The molecule has 2 N–H and O–H groups in total. The molecular weight excluding hydrogens is 235 g/mol. The highest BCUT2D eigenvalue weighted by Gasteiger charge is 2.21. The van der Waals surface area contributed by atoms with E-state index in [0.717, 1.165) is 5.56 Å². The van der Waals surface area contributed by atoms with Gasteiger partial charge < -0.3 is 5.32 Å². The maximum atomic E-state index is 11.2. The van der Waals surface area contributed by atoms with Crippen molar-refractivity contribution in [2.24, 2.45) is 0 Å². The van der Waals surface area contributed by atoms with Crippen LogP contribution < -0.4 is 10.6 Å². The third-order valence-electron chi connectivity index (χ3n) is 2.30. The van der Waals surface area contributed by atoms with E-state index in [4.69, 9.17) is 23.2 Å². The Hall–Kier alpha value is -0.770. The molecule has 2 rings (SSSR count). The lowest BCUT2D eigenvalue weighted by Crippen LogP contribution is -2.44. The van der Waals surface area contributed by atoms with Crippen molar-refractivity contribution >= 4 is 29.1 Å². The number of nitrogens with one attached hydrogen (secondary N) is 2. The Morgan fingerprint density at radius 1 is 1.33 bits per heavy atom. The average Bonchev–Trinajstić information content (AvgIpc) is 2.22. The van der Waals surface area contributed by atoms with Gasteiger partial charge in [0.05, 0.1) is 10.0 Å². The second-order valence-electron chi connectivity index (χ2n) is 3.35. The molecule has 1 heterocycles. The SMILES string of the molecule is O=C1CCN[C@H](c2cccc(Cl)c2Cl)N1. The molecule has 0 aromatic heterocycles. The van der Waals surface area contributed by atoms with Crippen LogP contribution in [0, 0.1) is 0 Å². The maximum absolute atomic E-state index is 11.2. The zero-order valence-corrected chi connectivity index (χ0v) is 9.40. The predicted molar refractivity (Wildman–Crippen MR) is 60.0 cm³/mol. The quantitative estimate of drug-likeness (QED) is 0.795. The summed E-state index contributed by atoms with van der Waals surface area (Å²) in [5.41, 5.74) is 0.803. The van der Waals surface area contributed by atoms with Gasteiger partial charge >= 0.3 is 0 Å². The number of rotatable bonds is 1. The van der Waals surface area contributed by atoms with Crippen LogP contribution in [-0.2, 0) is 4.79 Å². The van der Waals surface area contributed by atoms with Crippen LogP contribution in [0.4, 0.5) is 0 Å². The molecule has 1 aliphatic rings. The number of benzene rings is 1. The summed E-state index contributed by atoms with van der Waals surface area (Å²) in [6.07, 6.45) is 0.256. The average molecular weight is 245 g/mol. The third kappa shape index (κ3) is 2.25. The molecule has 15 heavy (non-hydrogen) atoms. The minimum Gasteiger partial charge on any atom is -0.337 e. The Morgan fingerprint density at radius 3 is 2.87 bits per heavy atom. The van der Waals surface area contributed by atoms with Gasteiger partial charge in [0.1, 0.15) is 6.17 Å². The molecule has 0 spiro atoms. The Morgan fingerprint density at radius 2 is 2.13 bits per heavy atom. The summed E-state index contributed by atoms with van der Waals surface area (Å²) in [4.78, 5) is 11.2. The van der Waals surface area contributed by atoms with E-state index in [1.54, 1.807) is 6.07 Å². The molecule has 0 aliphatic carbocycles. The van der Waals surface area contributed by atoms with Crippen molar-refractivity contribution in [2.45, 2.75) is 12.6 Å². The first-order chi connectivity index (χ1) is 7.18. The van der Waals surface area contributed by atoms with E-state index in [9.17, 15) is 4.79 Å². The minimum atomic E-state index is -0.238. The van der Waals surface area contributed by atoms with Gasteiger partial charge in [-0.15, -0.1) is 0 Å². The number of carbonyl (C=O) groups is 1. The first kappa shape index (κ1) is 10.7. The largest absolute Gasteiger partial charge is 0.337 e. The number of carbonyl (C=O) groups excluding carboxylic acids is 1. The smallest absolute Gasteiger partial charge is 0.222 e. The molecule has 1 atom stereocenters. The summed E-state index contributed by atoms with van der Waals surface area (Å²) in [5, 5.41) is 6.95. The number of amides is 1. The third-order valence-corrected chi connectivity index (χ3v) is 3.13.